The molecule has 0 aliphatic carbocycles. The Morgan fingerprint density at radius 1 is 1.11 bits per heavy atom. The van der Waals surface area contributed by atoms with Crippen molar-refractivity contribution >= 4 is 60.9 Å². The number of rotatable bonds is 6. The van der Waals surface area contributed by atoms with Crippen molar-refractivity contribution in [2.24, 2.45) is 0 Å². The van der Waals surface area contributed by atoms with Crippen LogP contribution in [-0.2, 0) is 0 Å². The molecule has 3 rings (SSSR count). The Morgan fingerprint density at radius 2 is 1.79 bits per heavy atom. The molecule has 0 atom stereocenters. The maximum Gasteiger partial charge on any atom is 0.260 e. The molecule has 0 unspecified atom stereocenters. The first-order valence-electron chi connectivity index (χ1n) is 8.95. The highest BCUT2D eigenvalue weighted by Gasteiger charge is 2.21. The zero-order valence-electron chi connectivity index (χ0n) is 16.5. The van der Waals surface area contributed by atoms with Gasteiger partial charge in [-0.2, -0.15) is 0 Å². The van der Waals surface area contributed by atoms with Gasteiger partial charge in [0.25, 0.3) is 5.91 Å². The highest BCUT2D eigenvalue weighted by atomic mass is 79.9. The molecule has 0 aliphatic heterocycles. The SMILES string of the molecule is Cc1cc(C)c2nc(N(CCCN(C)C)C(=O)c3ccc(Br)cc3)sc2c1.Cl. The van der Waals surface area contributed by atoms with Crippen molar-refractivity contribution in [1.29, 1.82) is 0 Å². The lowest BCUT2D eigenvalue weighted by Gasteiger charge is -2.21. The summed E-state index contributed by atoms with van der Waals surface area (Å²) < 4.78 is 2.09. The lowest BCUT2D eigenvalue weighted by molar-refractivity contribution is 0.0986. The Kier molecular flexibility index (Phi) is 8.01. The number of amides is 1. The van der Waals surface area contributed by atoms with Crippen LogP contribution in [0, 0.1) is 13.8 Å². The molecule has 0 spiro atoms. The minimum absolute atomic E-state index is 0. The van der Waals surface area contributed by atoms with E-state index >= 15 is 0 Å². The minimum Gasteiger partial charge on any atom is -0.309 e. The van der Waals surface area contributed by atoms with E-state index in [0.717, 1.165) is 38.3 Å². The van der Waals surface area contributed by atoms with Crippen LogP contribution in [0.5, 0.6) is 0 Å². The van der Waals surface area contributed by atoms with Gasteiger partial charge in [0, 0.05) is 16.6 Å². The smallest absolute Gasteiger partial charge is 0.260 e. The molecule has 4 nitrogen and oxygen atoms in total. The Bertz CT molecular complexity index is 956. The molecular formula is C21H25BrClN3OS. The highest BCUT2D eigenvalue weighted by molar-refractivity contribution is 9.10. The maximum absolute atomic E-state index is 13.2. The number of thiazole rings is 1. The molecule has 1 heterocycles. The zero-order chi connectivity index (χ0) is 19.6. The third kappa shape index (κ3) is 5.32. The predicted molar refractivity (Wildman–Crippen MR) is 125 cm³/mol. The Labute approximate surface area is 185 Å². The van der Waals surface area contributed by atoms with Gasteiger partial charge in [0.05, 0.1) is 10.2 Å². The van der Waals surface area contributed by atoms with E-state index in [-0.39, 0.29) is 18.3 Å². The van der Waals surface area contributed by atoms with Gasteiger partial charge in [0.2, 0.25) is 0 Å². The summed E-state index contributed by atoms with van der Waals surface area (Å²) in [6, 6.07) is 11.8. The Hall–Kier alpha value is -1.47. The van der Waals surface area contributed by atoms with Crippen LogP contribution in [0.2, 0.25) is 0 Å². The lowest BCUT2D eigenvalue weighted by atomic mass is 10.1. The van der Waals surface area contributed by atoms with E-state index in [1.54, 1.807) is 11.3 Å². The number of carbonyl (C=O) groups is 1. The van der Waals surface area contributed by atoms with E-state index in [4.69, 9.17) is 4.98 Å². The number of aryl methyl sites for hydroxylation is 2. The van der Waals surface area contributed by atoms with Crippen LogP contribution >= 0.6 is 39.7 Å². The summed E-state index contributed by atoms with van der Waals surface area (Å²) in [5, 5.41) is 0.769. The van der Waals surface area contributed by atoms with Crippen LogP contribution in [0.15, 0.2) is 40.9 Å². The fraction of sp³-hybridized carbons (Fsp3) is 0.333. The van der Waals surface area contributed by atoms with Gasteiger partial charge in [0.1, 0.15) is 0 Å². The number of hydrogen-bond donors (Lipinski definition) is 0. The molecule has 3 aromatic rings. The Balaban J connectivity index is 0.00000280. The van der Waals surface area contributed by atoms with Crippen LogP contribution in [0.3, 0.4) is 0 Å². The fourth-order valence-corrected chi connectivity index (χ4v) is 4.48. The van der Waals surface area contributed by atoms with Gasteiger partial charge in [-0.15, -0.1) is 12.4 Å². The van der Waals surface area contributed by atoms with Crippen LogP contribution in [-0.4, -0.2) is 43.0 Å². The van der Waals surface area contributed by atoms with E-state index in [1.807, 2.05) is 43.3 Å². The zero-order valence-corrected chi connectivity index (χ0v) is 19.7. The average Bonchev–Trinajstić information content (AvgIpc) is 3.02. The largest absolute Gasteiger partial charge is 0.309 e. The molecule has 2 aromatic carbocycles. The highest BCUT2D eigenvalue weighted by Crippen LogP contribution is 2.32. The molecular weight excluding hydrogens is 458 g/mol. The molecule has 0 fully saturated rings. The Morgan fingerprint density at radius 3 is 2.43 bits per heavy atom. The lowest BCUT2D eigenvalue weighted by Crippen LogP contribution is -2.33. The molecule has 0 saturated heterocycles. The first-order valence-corrected chi connectivity index (χ1v) is 10.6. The molecule has 1 aromatic heterocycles. The van der Waals surface area contributed by atoms with Crippen molar-refractivity contribution < 1.29 is 4.79 Å². The second kappa shape index (κ2) is 9.83. The van der Waals surface area contributed by atoms with Gasteiger partial charge in [-0.05, 0) is 82.4 Å². The fourth-order valence-electron chi connectivity index (χ4n) is 3.05. The summed E-state index contributed by atoms with van der Waals surface area (Å²) in [5.74, 6) is -0.00492. The standard InChI is InChI=1S/C21H24BrN3OS.ClH/c1-14-12-15(2)19-18(13-14)27-21(23-19)25(11-5-10-24(3)4)20(26)16-6-8-17(22)9-7-16;/h6-9,12-13H,5,10-11H2,1-4H3;1H. The van der Waals surface area contributed by atoms with Crippen molar-refractivity contribution in [1.82, 2.24) is 9.88 Å². The molecule has 28 heavy (non-hydrogen) atoms. The quantitative estimate of drug-likeness (QED) is 0.452. The van der Waals surface area contributed by atoms with Crippen LogP contribution in [0.1, 0.15) is 27.9 Å². The summed E-state index contributed by atoms with van der Waals surface area (Å²) in [6.07, 6.45) is 0.892. The first-order chi connectivity index (χ1) is 12.8. The van der Waals surface area contributed by atoms with Crippen molar-refractivity contribution in [2.45, 2.75) is 20.3 Å². The first kappa shape index (κ1) is 22.8. The molecule has 7 heteroatoms. The topological polar surface area (TPSA) is 36.4 Å². The minimum atomic E-state index is -0.00492. The van der Waals surface area contributed by atoms with E-state index in [2.05, 4.69) is 46.8 Å². The maximum atomic E-state index is 13.2. The van der Waals surface area contributed by atoms with Crippen LogP contribution in [0.4, 0.5) is 5.13 Å². The van der Waals surface area contributed by atoms with Crippen molar-refractivity contribution in [3.05, 3.63) is 57.6 Å². The number of hydrogen-bond acceptors (Lipinski definition) is 4. The summed E-state index contributed by atoms with van der Waals surface area (Å²) in [6.45, 7) is 5.73. The number of fused-ring (bicyclic) bond motifs is 1. The monoisotopic (exact) mass is 481 g/mol. The number of halogens is 2. The average molecular weight is 483 g/mol. The van der Waals surface area contributed by atoms with Gasteiger partial charge in [-0.1, -0.05) is 33.3 Å². The summed E-state index contributed by atoms with van der Waals surface area (Å²) in [5.41, 5.74) is 4.03. The van der Waals surface area contributed by atoms with E-state index in [9.17, 15) is 4.79 Å². The summed E-state index contributed by atoms with van der Waals surface area (Å²) >= 11 is 5.02. The molecule has 0 saturated carbocycles. The van der Waals surface area contributed by atoms with Crippen molar-refractivity contribution in [3.63, 3.8) is 0 Å². The molecule has 0 radical (unpaired) electrons. The summed E-state index contributed by atoms with van der Waals surface area (Å²) in [7, 11) is 4.09. The van der Waals surface area contributed by atoms with E-state index < -0.39 is 0 Å². The molecule has 0 N–H and O–H groups in total. The number of benzene rings is 2. The van der Waals surface area contributed by atoms with Gasteiger partial charge >= 0.3 is 0 Å². The third-order valence-corrected chi connectivity index (χ3v) is 5.93. The van der Waals surface area contributed by atoms with Crippen LogP contribution < -0.4 is 4.90 Å². The van der Waals surface area contributed by atoms with E-state index in [1.165, 1.54) is 5.56 Å². The number of aromatic nitrogens is 1. The van der Waals surface area contributed by atoms with Gasteiger partial charge < -0.3 is 4.90 Å². The molecule has 0 bridgehead atoms. The van der Waals surface area contributed by atoms with Gasteiger partial charge in [-0.25, -0.2) is 4.98 Å². The normalized spacial score (nSPS) is 10.9. The van der Waals surface area contributed by atoms with Gasteiger partial charge in [-0.3, -0.25) is 9.69 Å². The van der Waals surface area contributed by atoms with Crippen molar-refractivity contribution in [2.75, 3.05) is 32.1 Å². The molecule has 0 aliphatic rings. The van der Waals surface area contributed by atoms with Gasteiger partial charge in [0.15, 0.2) is 5.13 Å². The second-order valence-electron chi connectivity index (χ2n) is 7.05. The molecule has 150 valence electrons. The van der Waals surface area contributed by atoms with Crippen molar-refractivity contribution in [3.8, 4) is 0 Å². The number of nitrogens with zero attached hydrogens (tertiary/aromatic N) is 3. The predicted octanol–water partition coefficient (Wildman–Crippen LogP) is 5.70. The second-order valence-corrected chi connectivity index (χ2v) is 8.97. The van der Waals surface area contributed by atoms with Crippen LogP contribution in [0.25, 0.3) is 10.2 Å². The molecule has 1 amide bonds. The number of carbonyl (C=O) groups excluding carboxylic acids is 1. The third-order valence-electron chi connectivity index (χ3n) is 4.37. The number of anilines is 1. The summed E-state index contributed by atoms with van der Waals surface area (Å²) in [4.78, 5) is 22.0. The van der Waals surface area contributed by atoms with E-state index in [0.29, 0.717) is 12.1 Å².